The van der Waals surface area contributed by atoms with Gasteiger partial charge in [-0.15, -0.1) is 12.4 Å². The lowest BCUT2D eigenvalue weighted by Crippen LogP contribution is -2.51. The fraction of sp³-hybridized carbons (Fsp3) is 0.500. The Morgan fingerprint density at radius 2 is 1.95 bits per heavy atom. The third-order valence-electron chi connectivity index (χ3n) is 3.51. The molecule has 1 aromatic rings. The maximum absolute atomic E-state index is 13.8. The molecule has 1 aliphatic rings. The van der Waals surface area contributed by atoms with E-state index in [1.165, 1.54) is 18.2 Å². The number of hydrogen-bond donors (Lipinski definition) is 2. The minimum Gasteiger partial charge on any atom is -0.329 e. The molecule has 0 heterocycles. The van der Waals surface area contributed by atoms with Crippen LogP contribution < -0.4 is 10.5 Å². The van der Waals surface area contributed by atoms with Crippen molar-refractivity contribution >= 4 is 34.0 Å². The second-order valence-corrected chi connectivity index (χ2v) is 6.91. The molecular weight excluding hydrogens is 326 g/mol. The number of benzene rings is 1. The van der Waals surface area contributed by atoms with Gasteiger partial charge in [-0.3, -0.25) is 0 Å². The minimum atomic E-state index is -3.96. The highest BCUT2D eigenvalue weighted by Crippen LogP contribution is 2.31. The highest BCUT2D eigenvalue weighted by Gasteiger charge is 2.37. The fourth-order valence-corrected chi connectivity index (χ4v) is 4.23. The summed E-state index contributed by atoms with van der Waals surface area (Å²) in [6, 6.07) is 3.91. The van der Waals surface area contributed by atoms with Gasteiger partial charge >= 0.3 is 0 Å². The van der Waals surface area contributed by atoms with E-state index in [4.69, 9.17) is 17.3 Å². The summed E-state index contributed by atoms with van der Waals surface area (Å²) in [7, 11) is -3.96. The Labute approximate surface area is 129 Å². The van der Waals surface area contributed by atoms with Gasteiger partial charge in [-0.25, -0.2) is 17.5 Å². The first kappa shape index (κ1) is 17.7. The van der Waals surface area contributed by atoms with Crippen molar-refractivity contribution in [1.29, 1.82) is 0 Å². The number of halogens is 3. The topological polar surface area (TPSA) is 72.2 Å². The van der Waals surface area contributed by atoms with Crippen LogP contribution in [0.3, 0.4) is 0 Å². The lowest BCUT2D eigenvalue weighted by molar-refractivity contribution is 0.398. The molecule has 0 aliphatic heterocycles. The summed E-state index contributed by atoms with van der Waals surface area (Å²) in [4.78, 5) is -0.431. The summed E-state index contributed by atoms with van der Waals surface area (Å²) in [5, 5.41) is -0.212. The van der Waals surface area contributed by atoms with E-state index in [2.05, 4.69) is 4.72 Å². The van der Waals surface area contributed by atoms with Crippen molar-refractivity contribution in [3.8, 4) is 0 Å². The van der Waals surface area contributed by atoms with Crippen LogP contribution in [-0.4, -0.2) is 20.5 Å². The van der Waals surface area contributed by atoms with Crippen LogP contribution in [0.5, 0.6) is 0 Å². The molecule has 0 aromatic heterocycles. The van der Waals surface area contributed by atoms with Gasteiger partial charge in [0.2, 0.25) is 10.0 Å². The first-order chi connectivity index (χ1) is 8.90. The molecule has 1 aromatic carbocycles. The van der Waals surface area contributed by atoms with E-state index in [0.717, 1.165) is 12.8 Å². The van der Waals surface area contributed by atoms with Crippen LogP contribution in [0.15, 0.2) is 23.1 Å². The first-order valence-electron chi connectivity index (χ1n) is 6.08. The molecule has 3 N–H and O–H groups in total. The predicted molar refractivity (Wildman–Crippen MR) is 79.2 cm³/mol. The fourth-order valence-electron chi connectivity index (χ4n) is 2.43. The first-order valence-corrected chi connectivity index (χ1v) is 7.94. The molecule has 114 valence electrons. The molecule has 0 atom stereocenters. The third kappa shape index (κ3) is 3.43. The molecule has 1 saturated carbocycles. The second-order valence-electron chi connectivity index (χ2n) is 4.85. The molecule has 2 rings (SSSR count). The maximum Gasteiger partial charge on any atom is 0.244 e. The Morgan fingerprint density at radius 3 is 2.50 bits per heavy atom. The van der Waals surface area contributed by atoms with E-state index in [1.807, 2.05) is 0 Å². The average Bonchev–Trinajstić information content (AvgIpc) is 2.81. The van der Waals surface area contributed by atoms with Gasteiger partial charge in [0.05, 0.1) is 5.02 Å². The molecule has 0 amide bonds. The van der Waals surface area contributed by atoms with Crippen LogP contribution in [0.25, 0.3) is 0 Å². The van der Waals surface area contributed by atoms with Gasteiger partial charge in [-0.05, 0) is 25.0 Å². The van der Waals surface area contributed by atoms with Gasteiger partial charge in [0.15, 0.2) is 5.82 Å². The molecule has 0 unspecified atom stereocenters. The zero-order valence-electron chi connectivity index (χ0n) is 10.7. The SMILES string of the molecule is Cl.NCC1(NS(=O)(=O)c2cccc(Cl)c2F)CCCC1. The van der Waals surface area contributed by atoms with Crippen molar-refractivity contribution in [2.24, 2.45) is 5.73 Å². The third-order valence-corrected chi connectivity index (χ3v) is 5.40. The molecule has 0 saturated heterocycles. The summed E-state index contributed by atoms with van der Waals surface area (Å²) >= 11 is 5.61. The van der Waals surface area contributed by atoms with Crippen LogP contribution in [0.4, 0.5) is 4.39 Å². The second kappa shape index (κ2) is 6.58. The molecule has 1 fully saturated rings. The summed E-state index contributed by atoms with van der Waals surface area (Å²) in [6.45, 7) is 0.203. The van der Waals surface area contributed by atoms with Crippen molar-refractivity contribution in [3.63, 3.8) is 0 Å². The normalized spacial score (nSPS) is 17.8. The van der Waals surface area contributed by atoms with Crippen molar-refractivity contribution in [3.05, 3.63) is 29.0 Å². The van der Waals surface area contributed by atoms with Crippen molar-refractivity contribution in [2.75, 3.05) is 6.54 Å². The van der Waals surface area contributed by atoms with Crippen molar-refractivity contribution in [1.82, 2.24) is 4.72 Å². The molecule has 0 radical (unpaired) electrons. The molecule has 1 aliphatic carbocycles. The summed E-state index contributed by atoms with van der Waals surface area (Å²) in [5.41, 5.74) is 5.02. The standard InChI is InChI=1S/C12H16ClFN2O2S.ClH/c13-9-4-3-5-10(11(9)14)19(17,18)16-12(8-15)6-1-2-7-12;/h3-5,16H,1-2,6-8,15H2;1H. The van der Waals surface area contributed by atoms with E-state index in [-0.39, 0.29) is 24.0 Å². The molecular formula is C12H17Cl2FN2O2S. The molecule has 8 heteroatoms. The monoisotopic (exact) mass is 342 g/mol. The Morgan fingerprint density at radius 1 is 1.35 bits per heavy atom. The van der Waals surface area contributed by atoms with E-state index < -0.39 is 26.3 Å². The van der Waals surface area contributed by atoms with Crippen molar-refractivity contribution < 1.29 is 12.8 Å². The molecule has 0 spiro atoms. The minimum absolute atomic E-state index is 0. The lowest BCUT2D eigenvalue weighted by atomic mass is 10.0. The maximum atomic E-state index is 13.8. The molecule has 0 bridgehead atoms. The van der Waals surface area contributed by atoms with Crippen LogP contribution in [-0.2, 0) is 10.0 Å². The van der Waals surface area contributed by atoms with E-state index in [9.17, 15) is 12.8 Å². The number of hydrogen-bond acceptors (Lipinski definition) is 3. The Bertz CT molecular complexity index is 575. The summed E-state index contributed by atoms with van der Waals surface area (Å²) in [6.07, 6.45) is 3.17. The Kier molecular flexibility index (Phi) is 5.80. The van der Waals surface area contributed by atoms with Gasteiger partial charge in [0, 0.05) is 12.1 Å². The quantitative estimate of drug-likeness (QED) is 0.882. The molecule has 4 nitrogen and oxygen atoms in total. The van der Waals surface area contributed by atoms with E-state index >= 15 is 0 Å². The predicted octanol–water partition coefficient (Wildman–Crippen LogP) is 2.45. The highest BCUT2D eigenvalue weighted by atomic mass is 35.5. The number of sulfonamides is 1. The largest absolute Gasteiger partial charge is 0.329 e. The zero-order chi connectivity index (χ0) is 14.1. The Balaban J connectivity index is 0.00000200. The van der Waals surface area contributed by atoms with Gasteiger partial charge in [0.1, 0.15) is 4.90 Å². The van der Waals surface area contributed by atoms with E-state index in [0.29, 0.717) is 12.8 Å². The Hall–Kier alpha value is -0.400. The molecule has 20 heavy (non-hydrogen) atoms. The lowest BCUT2D eigenvalue weighted by Gasteiger charge is -2.28. The van der Waals surface area contributed by atoms with Crippen LogP contribution >= 0.6 is 24.0 Å². The van der Waals surface area contributed by atoms with Crippen molar-refractivity contribution in [2.45, 2.75) is 36.1 Å². The zero-order valence-corrected chi connectivity index (χ0v) is 13.1. The number of nitrogens with one attached hydrogen (secondary N) is 1. The summed E-state index contributed by atoms with van der Waals surface area (Å²) < 4.78 is 40.9. The van der Waals surface area contributed by atoms with Crippen LogP contribution in [0.2, 0.25) is 5.02 Å². The smallest absolute Gasteiger partial charge is 0.244 e. The summed E-state index contributed by atoms with van der Waals surface area (Å²) in [5.74, 6) is -0.929. The van der Waals surface area contributed by atoms with Gasteiger partial charge in [-0.1, -0.05) is 30.5 Å². The van der Waals surface area contributed by atoms with Gasteiger partial charge < -0.3 is 5.73 Å². The van der Waals surface area contributed by atoms with E-state index in [1.54, 1.807) is 0 Å². The van der Waals surface area contributed by atoms with Gasteiger partial charge in [-0.2, -0.15) is 0 Å². The number of rotatable bonds is 4. The highest BCUT2D eigenvalue weighted by molar-refractivity contribution is 7.89. The van der Waals surface area contributed by atoms with Gasteiger partial charge in [0.25, 0.3) is 0 Å². The van der Waals surface area contributed by atoms with Crippen LogP contribution in [0, 0.1) is 5.82 Å². The average molecular weight is 343 g/mol. The van der Waals surface area contributed by atoms with Crippen LogP contribution in [0.1, 0.15) is 25.7 Å². The number of nitrogens with two attached hydrogens (primary N) is 1.